The summed E-state index contributed by atoms with van der Waals surface area (Å²) >= 11 is 0. The summed E-state index contributed by atoms with van der Waals surface area (Å²) in [7, 11) is -3.19. The highest BCUT2D eigenvalue weighted by Crippen LogP contribution is 2.26. The van der Waals surface area contributed by atoms with Crippen LogP contribution in [0.5, 0.6) is 5.75 Å². The van der Waals surface area contributed by atoms with Gasteiger partial charge in [-0.3, -0.25) is 0 Å². The van der Waals surface area contributed by atoms with Crippen LogP contribution in [-0.2, 0) is 9.84 Å². The maximum absolute atomic E-state index is 13.1. The summed E-state index contributed by atoms with van der Waals surface area (Å²) in [5.41, 5.74) is 0.434. The van der Waals surface area contributed by atoms with Crippen molar-refractivity contribution >= 4 is 9.84 Å². The predicted octanol–water partition coefficient (Wildman–Crippen LogP) is 2.08. The Labute approximate surface area is 113 Å². The number of sulfone groups is 1. The lowest BCUT2D eigenvalue weighted by molar-refractivity contribution is 0.192. The number of aliphatic hydroxyl groups excluding tert-OH is 1. The van der Waals surface area contributed by atoms with Gasteiger partial charge in [0, 0.05) is 11.6 Å². The maximum atomic E-state index is 13.1. The van der Waals surface area contributed by atoms with E-state index in [2.05, 4.69) is 0 Å². The van der Waals surface area contributed by atoms with Crippen molar-refractivity contribution in [3.8, 4) is 5.75 Å². The third-order valence-corrected chi connectivity index (χ3v) is 4.94. The highest BCUT2D eigenvalue weighted by molar-refractivity contribution is 7.91. The molecule has 0 radical (unpaired) electrons. The van der Waals surface area contributed by atoms with E-state index in [9.17, 15) is 17.9 Å². The topological polar surface area (TPSA) is 63.6 Å². The molecular weight excluding hydrogens is 271 g/mol. The second kappa shape index (κ2) is 6.34. The van der Waals surface area contributed by atoms with Crippen molar-refractivity contribution in [1.82, 2.24) is 0 Å². The van der Waals surface area contributed by atoms with Crippen LogP contribution in [0.25, 0.3) is 0 Å². The molecule has 0 aliphatic rings. The zero-order chi connectivity index (χ0) is 14.6. The van der Waals surface area contributed by atoms with Crippen LogP contribution < -0.4 is 4.74 Å². The van der Waals surface area contributed by atoms with Crippen LogP contribution in [0.2, 0.25) is 0 Å². The minimum Gasteiger partial charge on any atom is -0.492 e. The quantitative estimate of drug-likeness (QED) is 0.871. The van der Waals surface area contributed by atoms with Crippen molar-refractivity contribution in [2.24, 2.45) is 0 Å². The zero-order valence-electron chi connectivity index (χ0n) is 11.3. The van der Waals surface area contributed by atoms with Crippen molar-refractivity contribution in [2.45, 2.75) is 32.1 Å². The second-order valence-corrected chi connectivity index (χ2v) is 7.30. The summed E-state index contributed by atoms with van der Waals surface area (Å²) in [6.45, 7) is 4.66. The van der Waals surface area contributed by atoms with Gasteiger partial charge in [0.25, 0.3) is 0 Å². The molecule has 0 fully saturated rings. The molecule has 1 aromatic rings. The first-order chi connectivity index (χ1) is 8.74. The smallest absolute Gasteiger partial charge is 0.155 e. The van der Waals surface area contributed by atoms with Crippen molar-refractivity contribution < 1.29 is 22.7 Å². The summed E-state index contributed by atoms with van der Waals surface area (Å²) in [6.07, 6.45) is -0.808. The first-order valence-corrected chi connectivity index (χ1v) is 7.77. The van der Waals surface area contributed by atoms with Gasteiger partial charge in [0.2, 0.25) is 0 Å². The molecule has 0 aliphatic heterocycles. The number of rotatable bonds is 6. The second-order valence-electron chi connectivity index (χ2n) is 4.62. The molecule has 0 unspecified atom stereocenters. The maximum Gasteiger partial charge on any atom is 0.155 e. The highest BCUT2D eigenvalue weighted by atomic mass is 32.2. The number of benzene rings is 1. The van der Waals surface area contributed by atoms with Crippen molar-refractivity contribution in [1.29, 1.82) is 0 Å². The van der Waals surface area contributed by atoms with E-state index in [-0.39, 0.29) is 18.1 Å². The lowest BCUT2D eigenvalue weighted by Crippen LogP contribution is -2.22. The van der Waals surface area contributed by atoms with Crippen LogP contribution in [0.3, 0.4) is 0 Å². The average molecular weight is 290 g/mol. The first kappa shape index (κ1) is 15.9. The molecule has 1 rings (SSSR count). The van der Waals surface area contributed by atoms with E-state index in [1.807, 2.05) is 0 Å². The molecule has 4 nitrogen and oxygen atoms in total. The SMILES string of the molecule is CC(C)S(=O)(=O)CCOc1cc(F)ccc1[C@@H](C)O. The normalized spacial score (nSPS) is 13.6. The number of hydrogen-bond donors (Lipinski definition) is 1. The van der Waals surface area contributed by atoms with Crippen LogP contribution in [-0.4, -0.2) is 31.1 Å². The Morgan fingerprint density at radius 1 is 1.32 bits per heavy atom. The molecular formula is C13H19FO4S. The van der Waals surface area contributed by atoms with Crippen LogP contribution in [0, 0.1) is 5.82 Å². The van der Waals surface area contributed by atoms with E-state index in [0.29, 0.717) is 5.56 Å². The van der Waals surface area contributed by atoms with Gasteiger partial charge < -0.3 is 9.84 Å². The van der Waals surface area contributed by atoms with Gasteiger partial charge in [-0.1, -0.05) is 0 Å². The molecule has 1 atom stereocenters. The number of hydrogen-bond acceptors (Lipinski definition) is 4. The van der Waals surface area contributed by atoms with Gasteiger partial charge in [-0.2, -0.15) is 0 Å². The third-order valence-electron chi connectivity index (χ3n) is 2.77. The molecule has 0 aliphatic carbocycles. The predicted molar refractivity (Wildman–Crippen MR) is 71.5 cm³/mol. The number of halogens is 1. The fourth-order valence-corrected chi connectivity index (χ4v) is 2.27. The largest absolute Gasteiger partial charge is 0.492 e. The van der Waals surface area contributed by atoms with Gasteiger partial charge in [-0.15, -0.1) is 0 Å². The van der Waals surface area contributed by atoms with E-state index in [1.165, 1.54) is 19.1 Å². The fraction of sp³-hybridized carbons (Fsp3) is 0.538. The Morgan fingerprint density at radius 2 is 1.95 bits per heavy atom. The lowest BCUT2D eigenvalue weighted by atomic mass is 10.1. The Balaban J connectivity index is 2.75. The Hall–Kier alpha value is -1.14. The van der Waals surface area contributed by atoms with Gasteiger partial charge in [-0.25, -0.2) is 12.8 Å². The molecule has 0 saturated carbocycles. The molecule has 108 valence electrons. The fourth-order valence-electron chi connectivity index (χ4n) is 1.48. The Bertz CT molecular complexity index is 523. The monoisotopic (exact) mass is 290 g/mol. The van der Waals surface area contributed by atoms with E-state index in [0.717, 1.165) is 6.07 Å². The minimum atomic E-state index is -3.19. The molecule has 0 saturated heterocycles. The van der Waals surface area contributed by atoms with Gasteiger partial charge >= 0.3 is 0 Å². The van der Waals surface area contributed by atoms with E-state index in [4.69, 9.17) is 4.74 Å². The van der Waals surface area contributed by atoms with Crippen molar-refractivity contribution in [2.75, 3.05) is 12.4 Å². The molecule has 0 bridgehead atoms. The van der Waals surface area contributed by atoms with Gasteiger partial charge in [-0.05, 0) is 32.9 Å². The summed E-state index contributed by atoms with van der Waals surface area (Å²) < 4.78 is 41.6. The van der Waals surface area contributed by atoms with Crippen LogP contribution >= 0.6 is 0 Å². The minimum absolute atomic E-state index is 0.0658. The van der Waals surface area contributed by atoms with E-state index in [1.54, 1.807) is 13.8 Å². The van der Waals surface area contributed by atoms with E-state index >= 15 is 0 Å². The summed E-state index contributed by atoms with van der Waals surface area (Å²) in [6, 6.07) is 3.79. The summed E-state index contributed by atoms with van der Waals surface area (Å²) in [4.78, 5) is 0. The van der Waals surface area contributed by atoms with Crippen LogP contribution in [0.1, 0.15) is 32.4 Å². The average Bonchev–Trinajstić information content (AvgIpc) is 2.28. The first-order valence-electron chi connectivity index (χ1n) is 6.06. The van der Waals surface area contributed by atoms with Crippen molar-refractivity contribution in [3.63, 3.8) is 0 Å². The number of ether oxygens (including phenoxy) is 1. The van der Waals surface area contributed by atoms with Crippen LogP contribution in [0.15, 0.2) is 18.2 Å². The molecule has 0 heterocycles. The van der Waals surface area contributed by atoms with Gasteiger partial charge in [0.05, 0.1) is 17.1 Å². The summed E-state index contributed by atoms with van der Waals surface area (Å²) in [5.74, 6) is -0.458. The molecule has 0 amide bonds. The molecule has 6 heteroatoms. The van der Waals surface area contributed by atoms with Crippen molar-refractivity contribution in [3.05, 3.63) is 29.6 Å². The lowest BCUT2D eigenvalue weighted by Gasteiger charge is -2.14. The van der Waals surface area contributed by atoms with Crippen LogP contribution in [0.4, 0.5) is 4.39 Å². The molecule has 1 N–H and O–H groups in total. The number of aliphatic hydroxyl groups is 1. The standard InChI is InChI=1S/C13H19FO4S/c1-9(2)19(16,17)7-6-18-13-8-11(14)4-5-12(13)10(3)15/h4-5,8-10,15H,6-7H2,1-3H3/t10-/m1/s1. The molecule has 0 spiro atoms. The molecule has 0 aromatic heterocycles. The molecule has 1 aromatic carbocycles. The Morgan fingerprint density at radius 3 is 2.47 bits per heavy atom. The summed E-state index contributed by atoms with van der Waals surface area (Å²) in [5, 5.41) is 9.05. The Kier molecular flexibility index (Phi) is 5.31. The van der Waals surface area contributed by atoms with E-state index < -0.39 is 27.0 Å². The zero-order valence-corrected chi connectivity index (χ0v) is 12.1. The van der Waals surface area contributed by atoms with Gasteiger partial charge in [0.1, 0.15) is 18.2 Å². The highest BCUT2D eigenvalue weighted by Gasteiger charge is 2.17. The van der Waals surface area contributed by atoms with Gasteiger partial charge in [0.15, 0.2) is 9.84 Å². The third kappa shape index (κ3) is 4.47. The molecule has 19 heavy (non-hydrogen) atoms.